The molecule has 3 heterocycles. The number of rotatable bonds is 5. The molecule has 0 saturated carbocycles. The largest absolute Gasteiger partial charge is 0.361 e. The van der Waals surface area contributed by atoms with Gasteiger partial charge in [0, 0.05) is 49.6 Å². The molecule has 2 aromatic heterocycles. The number of carbonyl (C=O) groups excluding carboxylic acids is 2. The van der Waals surface area contributed by atoms with Crippen molar-refractivity contribution in [2.45, 2.75) is 45.7 Å². The van der Waals surface area contributed by atoms with Crippen LogP contribution in [0.4, 0.5) is 0 Å². The van der Waals surface area contributed by atoms with Crippen LogP contribution in [0.25, 0.3) is 10.9 Å². The van der Waals surface area contributed by atoms with E-state index < -0.39 is 6.04 Å². The Morgan fingerprint density at radius 3 is 2.93 bits per heavy atom. The maximum atomic E-state index is 13.3. The molecule has 1 aromatic carbocycles. The van der Waals surface area contributed by atoms with E-state index in [1.165, 1.54) is 6.92 Å². The highest BCUT2D eigenvalue weighted by Crippen LogP contribution is 2.22. The van der Waals surface area contributed by atoms with Gasteiger partial charge in [-0.15, -0.1) is 0 Å². The Hall–Kier alpha value is -3.22. The highest BCUT2D eigenvalue weighted by Gasteiger charge is 2.29. The van der Waals surface area contributed by atoms with Gasteiger partial charge in [-0.05, 0) is 23.6 Å². The Kier molecular flexibility index (Phi) is 5.29. The molecule has 29 heavy (non-hydrogen) atoms. The van der Waals surface area contributed by atoms with E-state index in [0.29, 0.717) is 19.5 Å². The molecule has 150 valence electrons. The monoisotopic (exact) mass is 391 g/mol. The maximum absolute atomic E-state index is 13.3. The fourth-order valence-corrected chi connectivity index (χ4v) is 3.89. The predicted molar refractivity (Wildman–Crippen MR) is 110 cm³/mol. The van der Waals surface area contributed by atoms with Crippen LogP contribution >= 0.6 is 0 Å². The number of aromatic nitrogens is 3. The van der Waals surface area contributed by atoms with Crippen molar-refractivity contribution in [1.82, 2.24) is 25.2 Å². The Balaban J connectivity index is 1.56. The van der Waals surface area contributed by atoms with E-state index in [2.05, 4.69) is 20.3 Å². The number of hydrogen-bond acceptors (Lipinski definition) is 4. The number of hydrogen-bond donors (Lipinski definition) is 2. The topological polar surface area (TPSA) is 91.0 Å². The number of fused-ring (bicyclic) bond motifs is 2. The van der Waals surface area contributed by atoms with Gasteiger partial charge in [0.1, 0.15) is 11.9 Å². The lowest BCUT2D eigenvalue weighted by Gasteiger charge is -2.31. The number of carbonyl (C=O) groups is 2. The van der Waals surface area contributed by atoms with Crippen LogP contribution in [0.1, 0.15) is 36.5 Å². The third-order valence-electron chi connectivity index (χ3n) is 5.40. The van der Waals surface area contributed by atoms with Crippen molar-refractivity contribution < 1.29 is 9.59 Å². The zero-order valence-electron chi connectivity index (χ0n) is 16.7. The predicted octanol–water partition coefficient (Wildman–Crippen LogP) is 2.15. The van der Waals surface area contributed by atoms with Gasteiger partial charge in [0.25, 0.3) is 0 Å². The summed E-state index contributed by atoms with van der Waals surface area (Å²) in [6, 6.07) is 7.36. The fraction of sp³-hybridized carbons (Fsp3) is 0.364. The maximum Gasteiger partial charge on any atom is 0.245 e. The summed E-state index contributed by atoms with van der Waals surface area (Å²) in [6.07, 6.45) is 5.72. The summed E-state index contributed by atoms with van der Waals surface area (Å²) < 4.78 is 0. The Morgan fingerprint density at radius 1 is 1.31 bits per heavy atom. The number of nitrogens with zero attached hydrogens (tertiary/aromatic N) is 3. The molecule has 1 atom stereocenters. The number of aryl methyl sites for hydroxylation is 1. The first kappa shape index (κ1) is 19.1. The van der Waals surface area contributed by atoms with Crippen LogP contribution in [0.2, 0.25) is 0 Å². The lowest BCUT2D eigenvalue weighted by atomic mass is 10.0. The van der Waals surface area contributed by atoms with Gasteiger partial charge < -0.3 is 15.2 Å². The van der Waals surface area contributed by atoms with E-state index in [-0.39, 0.29) is 11.8 Å². The van der Waals surface area contributed by atoms with E-state index in [9.17, 15) is 9.59 Å². The van der Waals surface area contributed by atoms with Crippen molar-refractivity contribution in [3.63, 3.8) is 0 Å². The van der Waals surface area contributed by atoms with Gasteiger partial charge in [0.2, 0.25) is 11.8 Å². The molecule has 3 aromatic rings. The number of benzene rings is 1. The van der Waals surface area contributed by atoms with Gasteiger partial charge in [0.15, 0.2) is 0 Å². The van der Waals surface area contributed by atoms with Crippen LogP contribution in [0.5, 0.6) is 0 Å². The average Bonchev–Trinajstić information content (AvgIpc) is 3.14. The molecule has 0 radical (unpaired) electrons. The molecule has 1 unspecified atom stereocenters. The van der Waals surface area contributed by atoms with Crippen molar-refractivity contribution in [2.75, 3.05) is 6.54 Å². The Morgan fingerprint density at radius 2 is 2.14 bits per heavy atom. The second-order valence-corrected chi connectivity index (χ2v) is 7.44. The van der Waals surface area contributed by atoms with E-state index in [1.807, 2.05) is 43.6 Å². The van der Waals surface area contributed by atoms with Crippen LogP contribution in [0.3, 0.4) is 0 Å². The van der Waals surface area contributed by atoms with Crippen LogP contribution in [0, 0.1) is 0 Å². The molecule has 1 aliphatic rings. The molecule has 0 spiro atoms. The minimum Gasteiger partial charge on any atom is -0.361 e. The van der Waals surface area contributed by atoms with Crippen LogP contribution in [-0.2, 0) is 35.4 Å². The highest BCUT2D eigenvalue weighted by atomic mass is 16.2. The number of para-hydroxylation sites is 1. The van der Waals surface area contributed by atoms with Gasteiger partial charge in [0.05, 0.1) is 12.2 Å². The SMILES string of the molecule is CCc1ncc2c(n1)CN(C(=O)C(Cc1c[nH]c3ccccc13)NC(C)=O)CC2. The smallest absolute Gasteiger partial charge is 0.245 e. The summed E-state index contributed by atoms with van der Waals surface area (Å²) in [5, 5.41) is 3.92. The Bertz CT molecular complexity index is 1060. The first-order valence-electron chi connectivity index (χ1n) is 9.99. The lowest BCUT2D eigenvalue weighted by molar-refractivity contribution is -0.136. The summed E-state index contributed by atoms with van der Waals surface area (Å²) in [5.41, 5.74) is 4.04. The van der Waals surface area contributed by atoms with E-state index >= 15 is 0 Å². The van der Waals surface area contributed by atoms with Crippen LogP contribution < -0.4 is 5.32 Å². The molecule has 0 saturated heterocycles. The molecule has 4 rings (SSSR count). The summed E-state index contributed by atoms with van der Waals surface area (Å²) in [6.45, 7) is 4.52. The van der Waals surface area contributed by atoms with Gasteiger partial charge >= 0.3 is 0 Å². The minimum atomic E-state index is -0.610. The lowest BCUT2D eigenvalue weighted by Crippen LogP contribution is -2.50. The number of nitrogens with one attached hydrogen (secondary N) is 2. The van der Waals surface area contributed by atoms with E-state index in [0.717, 1.165) is 46.4 Å². The second-order valence-electron chi connectivity index (χ2n) is 7.44. The summed E-state index contributed by atoms with van der Waals surface area (Å²) in [4.78, 5) is 39.1. The molecule has 0 fully saturated rings. The van der Waals surface area contributed by atoms with Crippen molar-refractivity contribution in [1.29, 1.82) is 0 Å². The van der Waals surface area contributed by atoms with Crippen molar-refractivity contribution in [3.8, 4) is 0 Å². The standard InChI is InChI=1S/C22H25N5O2/c1-3-21-24-11-15-8-9-27(13-20(15)26-21)22(29)19(25-14(2)28)10-16-12-23-18-7-5-4-6-17(16)18/h4-7,11-12,19,23H,3,8-10,13H2,1-2H3,(H,25,28). The number of H-pyrrole nitrogens is 1. The van der Waals surface area contributed by atoms with E-state index in [4.69, 9.17) is 0 Å². The highest BCUT2D eigenvalue weighted by molar-refractivity contribution is 5.89. The second kappa shape index (κ2) is 8.03. The first-order chi connectivity index (χ1) is 14.0. The zero-order valence-corrected chi connectivity index (χ0v) is 16.7. The minimum absolute atomic E-state index is 0.0761. The number of aromatic amines is 1. The molecule has 2 N–H and O–H groups in total. The molecule has 1 aliphatic heterocycles. The van der Waals surface area contributed by atoms with Gasteiger partial charge in [-0.3, -0.25) is 9.59 Å². The van der Waals surface area contributed by atoms with E-state index in [1.54, 1.807) is 4.90 Å². The zero-order chi connectivity index (χ0) is 20.4. The first-order valence-corrected chi connectivity index (χ1v) is 9.99. The summed E-state index contributed by atoms with van der Waals surface area (Å²) in [5.74, 6) is 0.499. The molecular weight excluding hydrogens is 366 g/mol. The fourth-order valence-electron chi connectivity index (χ4n) is 3.89. The molecule has 0 bridgehead atoms. The van der Waals surface area contributed by atoms with Crippen molar-refractivity contribution in [2.24, 2.45) is 0 Å². The summed E-state index contributed by atoms with van der Waals surface area (Å²) in [7, 11) is 0. The van der Waals surface area contributed by atoms with Crippen molar-refractivity contribution >= 4 is 22.7 Å². The quantitative estimate of drug-likeness (QED) is 0.697. The molecule has 0 aliphatic carbocycles. The number of amides is 2. The molecule has 7 heteroatoms. The third kappa shape index (κ3) is 3.99. The normalized spacial score (nSPS) is 14.5. The van der Waals surface area contributed by atoms with Gasteiger partial charge in [-0.2, -0.15) is 0 Å². The van der Waals surface area contributed by atoms with Crippen LogP contribution in [0.15, 0.2) is 36.7 Å². The average molecular weight is 391 g/mol. The molecule has 2 amide bonds. The third-order valence-corrected chi connectivity index (χ3v) is 5.40. The van der Waals surface area contributed by atoms with Gasteiger partial charge in [-0.1, -0.05) is 25.1 Å². The molecule has 7 nitrogen and oxygen atoms in total. The summed E-state index contributed by atoms with van der Waals surface area (Å²) >= 11 is 0. The molecular formula is C22H25N5O2. The Labute approximate surface area is 169 Å². The van der Waals surface area contributed by atoms with Crippen LogP contribution in [-0.4, -0.2) is 44.3 Å². The van der Waals surface area contributed by atoms with Gasteiger partial charge in [-0.25, -0.2) is 9.97 Å². The van der Waals surface area contributed by atoms with Crippen molar-refractivity contribution in [3.05, 3.63) is 59.3 Å².